The molecule has 0 aliphatic rings. The van der Waals surface area contributed by atoms with Crippen molar-refractivity contribution in [1.29, 1.82) is 0 Å². The standard InChI is InChI=1S/C13H13NO3S.C12H11NO.CH3ClO2S/c1-18(15,16)17-10-12-8-5-9-13(14-12)11-6-3-2-4-7-11;14-9-11-7-4-8-12(13-11)10-5-2-1-3-6-10;1-5(2,3)4/h2-9H,10H2,1H3;1-8,14H,9H2;1H3. The van der Waals surface area contributed by atoms with Gasteiger partial charge in [0.1, 0.15) is 6.61 Å². The quantitative estimate of drug-likeness (QED) is 0.266. The molecule has 0 saturated carbocycles. The SMILES string of the molecule is CS(=O)(=O)Cl.CS(=O)(=O)OCc1cccc(-c2ccccc2)n1.OCc1cccc(-c2ccccc2)n1. The van der Waals surface area contributed by atoms with Crippen LogP contribution in [0.4, 0.5) is 0 Å². The average Bonchev–Trinajstić information content (AvgIpc) is 2.88. The van der Waals surface area contributed by atoms with Crippen LogP contribution in [0.5, 0.6) is 0 Å². The molecular formula is C26H27ClN2O6S2. The Hall–Kier alpha value is -3.15. The maximum Gasteiger partial charge on any atom is 0.264 e. The Morgan fingerprint density at radius 2 is 1.08 bits per heavy atom. The maximum absolute atomic E-state index is 10.9. The van der Waals surface area contributed by atoms with E-state index in [1.165, 1.54) is 0 Å². The van der Waals surface area contributed by atoms with Crippen molar-refractivity contribution >= 4 is 29.9 Å². The normalized spacial score (nSPS) is 10.9. The van der Waals surface area contributed by atoms with E-state index in [4.69, 9.17) is 9.29 Å². The number of rotatable bonds is 6. The van der Waals surface area contributed by atoms with Crippen molar-refractivity contribution in [1.82, 2.24) is 9.97 Å². The minimum atomic E-state index is -3.44. The molecule has 4 rings (SSSR count). The van der Waals surface area contributed by atoms with Crippen molar-refractivity contribution in [2.45, 2.75) is 13.2 Å². The molecule has 0 spiro atoms. The van der Waals surface area contributed by atoms with E-state index in [1.54, 1.807) is 6.07 Å². The minimum absolute atomic E-state index is 0.0132. The fourth-order valence-corrected chi connectivity index (χ4v) is 3.17. The maximum atomic E-state index is 10.9. The van der Waals surface area contributed by atoms with E-state index in [-0.39, 0.29) is 13.2 Å². The van der Waals surface area contributed by atoms with Gasteiger partial charge in [-0.3, -0.25) is 14.2 Å². The Labute approximate surface area is 222 Å². The molecule has 1 N–H and O–H groups in total. The summed E-state index contributed by atoms with van der Waals surface area (Å²) < 4.78 is 45.3. The summed E-state index contributed by atoms with van der Waals surface area (Å²) in [7, 11) is -2.13. The predicted octanol–water partition coefficient (Wildman–Crippen LogP) is 4.65. The van der Waals surface area contributed by atoms with Gasteiger partial charge in [0.2, 0.25) is 9.05 Å². The number of nitrogens with zero attached hydrogens (tertiary/aromatic N) is 2. The highest BCUT2D eigenvalue weighted by atomic mass is 35.7. The predicted molar refractivity (Wildman–Crippen MR) is 146 cm³/mol. The zero-order valence-electron chi connectivity index (χ0n) is 20.2. The number of benzene rings is 2. The van der Waals surface area contributed by atoms with Gasteiger partial charge in [-0.05, 0) is 24.3 Å². The Morgan fingerprint density at radius 1 is 0.676 bits per heavy atom. The van der Waals surface area contributed by atoms with E-state index in [1.807, 2.05) is 91.0 Å². The first kappa shape index (κ1) is 30.1. The van der Waals surface area contributed by atoms with E-state index in [0.717, 1.165) is 35.0 Å². The molecule has 8 nitrogen and oxygen atoms in total. The monoisotopic (exact) mass is 562 g/mol. The fourth-order valence-electron chi connectivity index (χ4n) is 2.83. The summed E-state index contributed by atoms with van der Waals surface area (Å²) in [5.41, 5.74) is 5.04. The number of aliphatic hydroxyl groups excluding tert-OH is 1. The molecule has 0 saturated heterocycles. The molecule has 4 aromatic rings. The van der Waals surface area contributed by atoms with Gasteiger partial charge in [-0.15, -0.1) is 0 Å². The topological polar surface area (TPSA) is 124 Å². The molecule has 196 valence electrons. The second-order valence-electron chi connectivity index (χ2n) is 7.57. The van der Waals surface area contributed by atoms with Gasteiger partial charge >= 0.3 is 0 Å². The lowest BCUT2D eigenvalue weighted by Crippen LogP contribution is -2.04. The largest absolute Gasteiger partial charge is 0.390 e. The molecule has 0 radical (unpaired) electrons. The zero-order valence-corrected chi connectivity index (χ0v) is 22.6. The summed E-state index contributed by atoms with van der Waals surface area (Å²) in [5, 5.41) is 8.95. The van der Waals surface area contributed by atoms with Crippen LogP contribution < -0.4 is 0 Å². The van der Waals surface area contributed by atoms with Gasteiger partial charge in [-0.1, -0.05) is 72.8 Å². The van der Waals surface area contributed by atoms with Crippen molar-refractivity contribution in [3.8, 4) is 22.5 Å². The van der Waals surface area contributed by atoms with Crippen LogP contribution in [-0.4, -0.2) is 44.4 Å². The third-order valence-electron chi connectivity index (χ3n) is 4.34. The number of aliphatic hydroxyl groups is 1. The van der Waals surface area contributed by atoms with Crippen LogP contribution in [0.3, 0.4) is 0 Å². The average molecular weight is 563 g/mol. The molecular weight excluding hydrogens is 536 g/mol. The first-order chi connectivity index (χ1) is 17.4. The van der Waals surface area contributed by atoms with E-state index < -0.39 is 19.2 Å². The Balaban J connectivity index is 0.000000225. The van der Waals surface area contributed by atoms with E-state index in [2.05, 4.69) is 20.7 Å². The van der Waals surface area contributed by atoms with Crippen molar-refractivity contribution in [2.75, 3.05) is 12.5 Å². The van der Waals surface area contributed by atoms with Gasteiger partial charge in [-0.25, -0.2) is 8.42 Å². The number of aromatic nitrogens is 2. The Kier molecular flexibility index (Phi) is 11.8. The molecule has 0 aliphatic heterocycles. The number of hydrogen-bond acceptors (Lipinski definition) is 8. The molecule has 37 heavy (non-hydrogen) atoms. The fraction of sp³-hybridized carbons (Fsp3) is 0.154. The summed E-state index contributed by atoms with van der Waals surface area (Å²) in [6.45, 7) is -0.0554. The highest BCUT2D eigenvalue weighted by Gasteiger charge is 2.05. The zero-order chi connectivity index (χ0) is 27.3. The summed E-state index contributed by atoms with van der Waals surface area (Å²) in [5.74, 6) is 0. The molecule has 0 bridgehead atoms. The van der Waals surface area contributed by atoms with Crippen LogP contribution in [0.25, 0.3) is 22.5 Å². The Morgan fingerprint density at radius 3 is 1.49 bits per heavy atom. The summed E-state index contributed by atoms with van der Waals surface area (Å²) in [4.78, 5) is 8.67. The first-order valence-corrected chi connectivity index (χ1v) is 15.4. The minimum Gasteiger partial charge on any atom is -0.390 e. The van der Waals surface area contributed by atoms with Gasteiger partial charge in [0.05, 0.1) is 41.9 Å². The van der Waals surface area contributed by atoms with Gasteiger partial charge in [-0.2, -0.15) is 8.42 Å². The Bertz CT molecular complexity index is 1460. The van der Waals surface area contributed by atoms with Crippen molar-refractivity contribution in [2.24, 2.45) is 0 Å². The van der Waals surface area contributed by atoms with Gasteiger partial charge in [0.25, 0.3) is 10.1 Å². The van der Waals surface area contributed by atoms with Crippen molar-refractivity contribution in [3.63, 3.8) is 0 Å². The summed E-state index contributed by atoms with van der Waals surface area (Å²) in [6.07, 6.45) is 1.95. The third-order valence-corrected chi connectivity index (χ3v) is 4.88. The van der Waals surface area contributed by atoms with Gasteiger partial charge in [0.15, 0.2) is 0 Å². The van der Waals surface area contributed by atoms with E-state index in [0.29, 0.717) is 11.4 Å². The second kappa shape index (κ2) is 14.6. The lowest BCUT2D eigenvalue weighted by atomic mass is 10.1. The summed E-state index contributed by atoms with van der Waals surface area (Å²) in [6, 6.07) is 30.7. The van der Waals surface area contributed by atoms with Gasteiger partial charge < -0.3 is 5.11 Å². The van der Waals surface area contributed by atoms with E-state index >= 15 is 0 Å². The highest BCUT2D eigenvalue weighted by Crippen LogP contribution is 2.17. The van der Waals surface area contributed by atoms with Crippen molar-refractivity contribution < 1.29 is 26.1 Å². The van der Waals surface area contributed by atoms with Crippen LogP contribution in [0.2, 0.25) is 0 Å². The number of halogens is 1. The van der Waals surface area contributed by atoms with Crippen LogP contribution in [-0.2, 0) is 36.6 Å². The number of hydrogen-bond donors (Lipinski definition) is 1. The molecule has 0 fully saturated rings. The smallest absolute Gasteiger partial charge is 0.264 e. The molecule has 2 aromatic heterocycles. The first-order valence-electron chi connectivity index (χ1n) is 10.8. The van der Waals surface area contributed by atoms with Crippen LogP contribution in [0.15, 0.2) is 97.1 Å². The van der Waals surface area contributed by atoms with E-state index in [9.17, 15) is 16.8 Å². The van der Waals surface area contributed by atoms with Crippen LogP contribution in [0, 0.1) is 0 Å². The van der Waals surface area contributed by atoms with Crippen LogP contribution in [0.1, 0.15) is 11.4 Å². The van der Waals surface area contributed by atoms with Crippen molar-refractivity contribution in [3.05, 3.63) is 108 Å². The molecule has 0 amide bonds. The molecule has 2 aromatic carbocycles. The molecule has 0 unspecified atom stereocenters. The molecule has 2 heterocycles. The van der Waals surface area contributed by atoms with Gasteiger partial charge in [0, 0.05) is 21.8 Å². The lowest BCUT2D eigenvalue weighted by Gasteiger charge is -2.04. The third kappa shape index (κ3) is 13.1. The number of pyridine rings is 2. The van der Waals surface area contributed by atoms with Crippen LogP contribution >= 0.6 is 10.7 Å². The highest BCUT2D eigenvalue weighted by molar-refractivity contribution is 8.13. The summed E-state index contributed by atoms with van der Waals surface area (Å²) >= 11 is 0. The molecule has 0 atom stereocenters. The molecule has 0 aliphatic carbocycles. The lowest BCUT2D eigenvalue weighted by molar-refractivity contribution is 0.277. The molecule has 11 heteroatoms. The second-order valence-corrected chi connectivity index (χ2v) is 12.3.